The van der Waals surface area contributed by atoms with E-state index in [0.29, 0.717) is 20.9 Å². The third-order valence-corrected chi connectivity index (χ3v) is 6.76. The Bertz CT molecular complexity index is 1010. The first-order valence-electron chi connectivity index (χ1n) is 8.65. The number of amides is 1. The predicted octanol–water partition coefficient (Wildman–Crippen LogP) is 6.24. The second kappa shape index (κ2) is 8.86. The maximum absolute atomic E-state index is 12.4. The number of rotatable bonds is 6. The van der Waals surface area contributed by atoms with Gasteiger partial charge in [0, 0.05) is 26.9 Å². The molecule has 0 radical (unpaired) electrons. The summed E-state index contributed by atoms with van der Waals surface area (Å²) in [5, 5.41) is 15.3. The van der Waals surface area contributed by atoms with Crippen LogP contribution in [0.5, 0.6) is 0 Å². The Balaban J connectivity index is 1.76. The van der Waals surface area contributed by atoms with Crippen LogP contribution >= 0.6 is 46.3 Å². The third-order valence-electron chi connectivity index (χ3n) is 4.24. The van der Waals surface area contributed by atoms with Gasteiger partial charge in [-0.25, -0.2) is 0 Å². The molecule has 5 nitrogen and oxygen atoms in total. The molecule has 1 aromatic carbocycles. The van der Waals surface area contributed by atoms with Crippen molar-refractivity contribution in [3.05, 3.63) is 44.1 Å². The minimum atomic E-state index is -0.184. The van der Waals surface area contributed by atoms with Gasteiger partial charge in [-0.15, -0.1) is 21.5 Å². The molecule has 0 aliphatic rings. The number of benzene rings is 1. The van der Waals surface area contributed by atoms with Crippen LogP contribution in [0.15, 0.2) is 28.7 Å². The van der Waals surface area contributed by atoms with Crippen LogP contribution in [0.1, 0.15) is 30.3 Å². The normalized spacial score (nSPS) is 11.2. The van der Waals surface area contributed by atoms with E-state index in [1.165, 1.54) is 22.2 Å². The van der Waals surface area contributed by atoms with Crippen molar-refractivity contribution in [1.29, 1.82) is 0 Å². The van der Waals surface area contributed by atoms with Crippen LogP contribution in [-0.2, 0) is 4.79 Å². The van der Waals surface area contributed by atoms with Crippen LogP contribution in [0.2, 0.25) is 10.0 Å². The summed E-state index contributed by atoms with van der Waals surface area (Å²) in [6.07, 6.45) is 0. The largest absolute Gasteiger partial charge is 0.324 e. The molecule has 9 heteroatoms. The number of hydrogen-bond donors (Lipinski definition) is 1. The molecule has 0 atom stereocenters. The summed E-state index contributed by atoms with van der Waals surface area (Å²) < 4.78 is 2.07. The standard InChI is InChI=1S/C19H20Cl2N4OS2/c1-10(2)25-18(14-8-27-12(4)11(14)3)23-24-19(25)28-9-17(26)22-16-7-13(20)5-6-15(16)21/h5-8,10H,9H2,1-4H3,(H,22,26). The lowest BCUT2D eigenvalue weighted by atomic mass is 10.1. The minimum Gasteiger partial charge on any atom is -0.324 e. The van der Waals surface area contributed by atoms with E-state index in [2.05, 4.69) is 53.2 Å². The maximum Gasteiger partial charge on any atom is 0.234 e. The van der Waals surface area contributed by atoms with E-state index < -0.39 is 0 Å². The molecule has 3 aromatic rings. The molecule has 0 spiro atoms. The number of anilines is 1. The number of aromatic nitrogens is 3. The number of halogens is 2. The number of carbonyl (C=O) groups excluding carboxylic acids is 1. The zero-order chi connectivity index (χ0) is 20.4. The topological polar surface area (TPSA) is 59.8 Å². The highest BCUT2D eigenvalue weighted by molar-refractivity contribution is 7.99. The van der Waals surface area contributed by atoms with Gasteiger partial charge >= 0.3 is 0 Å². The Hall–Kier alpha value is -1.54. The van der Waals surface area contributed by atoms with E-state index in [-0.39, 0.29) is 17.7 Å². The van der Waals surface area contributed by atoms with Crippen molar-refractivity contribution < 1.29 is 4.79 Å². The Labute approximate surface area is 182 Å². The van der Waals surface area contributed by atoms with E-state index in [1.54, 1.807) is 29.5 Å². The quantitative estimate of drug-likeness (QED) is 0.447. The second-order valence-corrected chi connectivity index (χ2v) is 9.43. The van der Waals surface area contributed by atoms with Crippen molar-refractivity contribution in [2.45, 2.75) is 38.9 Å². The fourth-order valence-corrected chi connectivity index (χ4v) is 4.74. The highest BCUT2D eigenvalue weighted by Crippen LogP contribution is 2.33. The molecule has 1 amide bonds. The molecule has 0 aliphatic heterocycles. The number of hydrogen-bond acceptors (Lipinski definition) is 5. The first-order chi connectivity index (χ1) is 13.3. The SMILES string of the molecule is Cc1scc(-c2nnc(SCC(=O)Nc3cc(Cl)ccc3Cl)n2C(C)C)c1C. The zero-order valence-electron chi connectivity index (χ0n) is 15.9. The maximum atomic E-state index is 12.4. The molecule has 0 aliphatic carbocycles. The average molecular weight is 455 g/mol. The molecule has 148 valence electrons. The van der Waals surface area contributed by atoms with Crippen LogP contribution in [0, 0.1) is 13.8 Å². The molecule has 0 unspecified atom stereocenters. The highest BCUT2D eigenvalue weighted by Gasteiger charge is 2.20. The van der Waals surface area contributed by atoms with Gasteiger partial charge in [-0.05, 0) is 51.5 Å². The molecule has 0 bridgehead atoms. The van der Waals surface area contributed by atoms with Crippen molar-refractivity contribution in [2.75, 3.05) is 11.1 Å². The van der Waals surface area contributed by atoms with E-state index in [0.717, 1.165) is 11.4 Å². The summed E-state index contributed by atoms with van der Waals surface area (Å²) in [4.78, 5) is 13.6. The van der Waals surface area contributed by atoms with E-state index >= 15 is 0 Å². The lowest BCUT2D eigenvalue weighted by Gasteiger charge is -2.14. The first-order valence-corrected chi connectivity index (χ1v) is 11.3. The number of nitrogens with zero attached hydrogens (tertiary/aromatic N) is 3. The van der Waals surface area contributed by atoms with Gasteiger partial charge in [0.05, 0.1) is 16.5 Å². The summed E-state index contributed by atoms with van der Waals surface area (Å²) in [7, 11) is 0. The molecular formula is C19H20Cl2N4OS2. The summed E-state index contributed by atoms with van der Waals surface area (Å²) in [5.74, 6) is 0.837. The Kier molecular flexibility index (Phi) is 6.70. The van der Waals surface area contributed by atoms with Crippen molar-refractivity contribution in [2.24, 2.45) is 0 Å². The van der Waals surface area contributed by atoms with Gasteiger partial charge in [-0.2, -0.15) is 0 Å². The van der Waals surface area contributed by atoms with Gasteiger partial charge < -0.3 is 5.32 Å². The summed E-state index contributed by atoms with van der Waals surface area (Å²) in [5.41, 5.74) is 2.80. The molecule has 1 N–H and O–H groups in total. The van der Waals surface area contributed by atoms with Gasteiger partial charge in [0.1, 0.15) is 0 Å². The van der Waals surface area contributed by atoms with Crippen molar-refractivity contribution in [3.8, 4) is 11.4 Å². The van der Waals surface area contributed by atoms with Crippen LogP contribution in [0.25, 0.3) is 11.4 Å². The van der Waals surface area contributed by atoms with E-state index in [4.69, 9.17) is 23.2 Å². The van der Waals surface area contributed by atoms with Crippen LogP contribution < -0.4 is 5.32 Å². The summed E-state index contributed by atoms with van der Waals surface area (Å²) in [6.45, 7) is 8.35. The number of nitrogens with one attached hydrogen (secondary N) is 1. The Morgan fingerprint density at radius 2 is 2.04 bits per heavy atom. The molecular weight excluding hydrogens is 435 g/mol. The van der Waals surface area contributed by atoms with Crippen LogP contribution in [0.3, 0.4) is 0 Å². The fourth-order valence-electron chi connectivity index (χ4n) is 2.67. The van der Waals surface area contributed by atoms with E-state index in [9.17, 15) is 4.79 Å². The second-order valence-electron chi connectivity index (χ2n) is 6.56. The van der Waals surface area contributed by atoms with Gasteiger partial charge in [-0.1, -0.05) is 35.0 Å². The summed E-state index contributed by atoms with van der Waals surface area (Å²) in [6, 6.07) is 5.12. The predicted molar refractivity (Wildman–Crippen MR) is 119 cm³/mol. The van der Waals surface area contributed by atoms with E-state index in [1.807, 2.05) is 0 Å². The molecule has 0 saturated carbocycles. The molecule has 2 heterocycles. The van der Waals surface area contributed by atoms with Crippen molar-refractivity contribution >= 4 is 57.9 Å². The lowest BCUT2D eigenvalue weighted by Crippen LogP contribution is -2.15. The Morgan fingerprint density at radius 1 is 1.29 bits per heavy atom. The van der Waals surface area contributed by atoms with Crippen LogP contribution in [0.4, 0.5) is 5.69 Å². The monoisotopic (exact) mass is 454 g/mol. The summed E-state index contributed by atoms with van der Waals surface area (Å²) >= 11 is 15.1. The molecule has 0 saturated heterocycles. The number of carbonyl (C=O) groups is 1. The average Bonchev–Trinajstić information content (AvgIpc) is 3.20. The molecule has 28 heavy (non-hydrogen) atoms. The molecule has 0 fully saturated rings. The molecule has 3 rings (SSSR count). The number of thiophene rings is 1. The number of aryl methyl sites for hydroxylation is 1. The smallest absolute Gasteiger partial charge is 0.234 e. The minimum absolute atomic E-state index is 0.164. The van der Waals surface area contributed by atoms with Gasteiger partial charge in [-0.3, -0.25) is 9.36 Å². The van der Waals surface area contributed by atoms with Crippen LogP contribution in [-0.4, -0.2) is 26.4 Å². The third kappa shape index (κ3) is 4.54. The van der Waals surface area contributed by atoms with Crippen molar-refractivity contribution in [3.63, 3.8) is 0 Å². The van der Waals surface area contributed by atoms with Gasteiger partial charge in [0.25, 0.3) is 0 Å². The first kappa shape index (κ1) is 21.2. The van der Waals surface area contributed by atoms with Gasteiger partial charge in [0.15, 0.2) is 11.0 Å². The van der Waals surface area contributed by atoms with Crippen molar-refractivity contribution in [1.82, 2.24) is 14.8 Å². The number of thioether (sulfide) groups is 1. The highest BCUT2D eigenvalue weighted by atomic mass is 35.5. The lowest BCUT2D eigenvalue weighted by molar-refractivity contribution is -0.113. The molecule has 2 aromatic heterocycles. The van der Waals surface area contributed by atoms with Gasteiger partial charge in [0.2, 0.25) is 5.91 Å². The Morgan fingerprint density at radius 3 is 2.68 bits per heavy atom. The zero-order valence-corrected chi connectivity index (χ0v) is 19.1. The fraction of sp³-hybridized carbons (Fsp3) is 0.316.